The van der Waals surface area contributed by atoms with Gasteiger partial charge in [-0.05, 0) is 43.5 Å². The van der Waals surface area contributed by atoms with Crippen LogP contribution in [0.25, 0.3) is 0 Å². The first-order valence-corrected chi connectivity index (χ1v) is 9.37. The van der Waals surface area contributed by atoms with Gasteiger partial charge in [-0.25, -0.2) is 4.98 Å². The van der Waals surface area contributed by atoms with Gasteiger partial charge in [-0.15, -0.1) is 0 Å². The minimum Gasteiger partial charge on any atom is -0.353 e. The lowest BCUT2D eigenvalue weighted by atomic mass is 10.2. The highest BCUT2D eigenvalue weighted by atomic mass is 32.2. The maximum atomic E-state index is 13.0. The number of carbonyl (C=O) groups excluding carboxylic acids is 2. The highest BCUT2D eigenvalue weighted by Crippen LogP contribution is 2.40. The molecule has 0 bridgehead atoms. The maximum absolute atomic E-state index is 13.0. The van der Waals surface area contributed by atoms with E-state index in [-0.39, 0.29) is 11.8 Å². The van der Waals surface area contributed by atoms with Gasteiger partial charge in [0.15, 0.2) is 0 Å². The van der Waals surface area contributed by atoms with Crippen LogP contribution in [0, 0.1) is 0 Å². The van der Waals surface area contributed by atoms with Gasteiger partial charge in [0.1, 0.15) is 5.03 Å². The lowest BCUT2D eigenvalue weighted by molar-refractivity contribution is -0.121. The van der Waals surface area contributed by atoms with Crippen LogP contribution in [-0.4, -0.2) is 29.4 Å². The fourth-order valence-corrected chi connectivity index (χ4v) is 3.92. The van der Waals surface area contributed by atoms with Crippen molar-refractivity contribution in [2.24, 2.45) is 0 Å². The molecule has 4 rings (SSSR count). The fourth-order valence-electron chi connectivity index (χ4n) is 2.91. The molecule has 2 heterocycles. The van der Waals surface area contributed by atoms with Gasteiger partial charge in [-0.2, -0.15) is 0 Å². The molecule has 1 saturated carbocycles. The van der Waals surface area contributed by atoms with E-state index in [1.165, 1.54) is 11.8 Å². The van der Waals surface area contributed by atoms with Crippen LogP contribution in [0.3, 0.4) is 0 Å². The SMILES string of the molecule is O=C(CCCN1C(=O)c2cccnc2Sc2ccccc21)NC1CC1. The number of nitrogens with one attached hydrogen (secondary N) is 1. The first-order chi connectivity index (χ1) is 12.2. The predicted molar refractivity (Wildman–Crippen MR) is 96.9 cm³/mol. The number of anilines is 1. The standard InChI is InChI=1S/C19H19N3O2S/c23-17(21-13-9-10-13)8-4-12-22-15-6-1-2-7-16(15)25-18-14(19(22)24)5-3-11-20-18/h1-3,5-7,11,13H,4,8-10,12H2,(H,21,23). The number of hydrogen-bond acceptors (Lipinski definition) is 4. The molecule has 0 spiro atoms. The van der Waals surface area contributed by atoms with Crippen molar-refractivity contribution < 1.29 is 9.59 Å². The summed E-state index contributed by atoms with van der Waals surface area (Å²) < 4.78 is 0. The highest BCUT2D eigenvalue weighted by molar-refractivity contribution is 7.99. The Kier molecular flexibility index (Phi) is 4.44. The van der Waals surface area contributed by atoms with Crippen LogP contribution >= 0.6 is 11.8 Å². The normalized spacial score (nSPS) is 16.0. The number of aromatic nitrogens is 1. The number of hydrogen-bond donors (Lipinski definition) is 1. The smallest absolute Gasteiger partial charge is 0.261 e. The summed E-state index contributed by atoms with van der Waals surface area (Å²) in [6, 6.07) is 11.8. The zero-order valence-corrected chi connectivity index (χ0v) is 14.6. The molecule has 0 unspecified atom stereocenters. The summed E-state index contributed by atoms with van der Waals surface area (Å²) >= 11 is 1.51. The molecule has 2 amide bonds. The fraction of sp³-hybridized carbons (Fsp3) is 0.316. The van der Waals surface area contributed by atoms with Crippen LogP contribution in [-0.2, 0) is 4.79 Å². The Morgan fingerprint density at radius 2 is 2.08 bits per heavy atom. The van der Waals surface area contributed by atoms with E-state index in [1.807, 2.05) is 30.3 Å². The largest absolute Gasteiger partial charge is 0.353 e. The summed E-state index contributed by atoms with van der Waals surface area (Å²) in [4.78, 5) is 32.1. The van der Waals surface area contributed by atoms with Gasteiger partial charge in [0.2, 0.25) is 5.91 Å². The van der Waals surface area contributed by atoms with E-state index in [9.17, 15) is 9.59 Å². The molecule has 0 atom stereocenters. The summed E-state index contributed by atoms with van der Waals surface area (Å²) in [7, 11) is 0. The molecule has 0 radical (unpaired) electrons. The third-order valence-electron chi connectivity index (χ3n) is 4.34. The van der Waals surface area contributed by atoms with Gasteiger partial charge >= 0.3 is 0 Å². The van der Waals surface area contributed by atoms with Crippen molar-refractivity contribution in [2.75, 3.05) is 11.4 Å². The van der Waals surface area contributed by atoms with Crippen molar-refractivity contribution in [1.29, 1.82) is 0 Å². The predicted octanol–water partition coefficient (Wildman–Crippen LogP) is 3.25. The highest BCUT2D eigenvalue weighted by Gasteiger charge is 2.28. The van der Waals surface area contributed by atoms with E-state index in [0.29, 0.717) is 31.0 Å². The summed E-state index contributed by atoms with van der Waals surface area (Å²) in [6.07, 6.45) is 4.96. The third kappa shape index (κ3) is 3.54. The first-order valence-electron chi connectivity index (χ1n) is 8.55. The van der Waals surface area contributed by atoms with Crippen molar-refractivity contribution in [3.8, 4) is 0 Å². The molecule has 1 aromatic heterocycles. The molecule has 25 heavy (non-hydrogen) atoms. The Hall–Kier alpha value is -2.34. The van der Waals surface area contributed by atoms with Crippen LogP contribution < -0.4 is 10.2 Å². The van der Waals surface area contributed by atoms with Gasteiger partial charge < -0.3 is 10.2 Å². The van der Waals surface area contributed by atoms with Crippen LogP contribution in [0.15, 0.2) is 52.5 Å². The van der Waals surface area contributed by atoms with Crippen molar-refractivity contribution in [3.05, 3.63) is 48.2 Å². The van der Waals surface area contributed by atoms with E-state index in [2.05, 4.69) is 10.3 Å². The van der Waals surface area contributed by atoms with Crippen molar-refractivity contribution in [3.63, 3.8) is 0 Å². The number of pyridine rings is 1. The van der Waals surface area contributed by atoms with E-state index >= 15 is 0 Å². The van der Waals surface area contributed by atoms with Crippen LogP contribution in [0.5, 0.6) is 0 Å². The average molecular weight is 353 g/mol. The molecule has 1 aliphatic carbocycles. The van der Waals surface area contributed by atoms with Crippen LogP contribution in [0.2, 0.25) is 0 Å². The Morgan fingerprint density at radius 1 is 1.24 bits per heavy atom. The van der Waals surface area contributed by atoms with E-state index in [1.54, 1.807) is 17.2 Å². The number of para-hydroxylation sites is 1. The van der Waals surface area contributed by atoms with Crippen molar-refractivity contribution in [2.45, 2.75) is 41.6 Å². The molecule has 128 valence electrons. The lowest BCUT2D eigenvalue weighted by Crippen LogP contribution is -2.33. The summed E-state index contributed by atoms with van der Waals surface area (Å²) in [5.74, 6) is 0.0256. The number of carbonyl (C=O) groups is 2. The van der Waals surface area contributed by atoms with Gasteiger partial charge in [0.05, 0.1) is 11.3 Å². The zero-order chi connectivity index (χ0) is 17.2. The molecule has 6 heteroatoms. The molecule has 0 saturated heterocycles. The third-order valence-corrected chi connectivity index (χ3v) is 5.42. The van der Waals surface area contributed by atoms with Crippen molar-refractivity contribution >= 4 is 29.3 Å². The lowest BCUT2D eigenvalue weighted by Gasteiger charge is -2.22. The number of rotatable bonds is 5. The molecule has 1 aromatic carbocycles. The molecule has 2 aromatic rings. The Morgan fingerprint density at radius 3 is 2.92 bits per heavy atom. The van der Waals surface area contributed by atoms with E-state index in [4.69, 9.17) is 0 Å². The minimum absolute atomic E-state index is 0.0526. The maximum Gasteiger partial charge on any atom is 0.261 e. The second-order valence-electron chi connectivity index (χ2n) is 6.33. The van der Waals surface area contributed by atoms with Crippen molar-refractivity contribution in [1.82, 2.24) is 10.3 Å². The Labute approximate surface area is 150 Å². The zero-order valence-electron chi connectivity index (χ0n) is 13.8. The second kappa shape index (κ2) is 6.88. The summed E-state index contributed by atoms with van der Waals surface area (Å²) in [6.45, 7) is 0.517. The topological polar surface area (TPSA) is 62.3 Å². The molecule has 5 nitrogen and oxygen atoms in total. The van der Waals surface area contributed by atoms with E-state index < -0.39 is 0 Å². The van der Waals surface area contributed by atoms with Gasteiger partial charge in [-0.1, -0.05) is 23.9 Å². The number of nitrogens with zero attached hydrogens (tertiary/aromatic N) is 2. The second-order valence-corrected chi connectivity index (χ2v) is 7.36. The molecule has 2 aliphatic rings. The molecular formula is C19H19N3O2S. The van der Waals surface area contributed by atoms with Gasteiger partial charge in [-0.3, -0.25) is 9.59 Å². The van der Waals surface area contributed by atoms with Gasteiger partial charge in [0.25, 0.3) is 5.91 Å². The molecule has 1 fully saturated rings. The van der Waals surface area contributed by atoms with Gasteiger partial charge in [0, 0.05) is 30.1 Å². The monoisotopic (exact) mass is 353 g/mol. The number of benzene rings is 1. The van der Waals surface area contributed by atoms with Crippen LogP contribution in [0.4, 0.5) is 5.69 Å². The van der Waals surface area contributed by atoms with Crippen LogP contribution in [0.1, 0.15) is 36.0 Å². The first kappa shape index (κ1) is 16.1. The Balaban J connectivity index is 1.54. The number of fused-ring (bicyclic) bond motifs is 2. The average Bonchev–Trinajstić information content (AvgIpc) is 3.44. The molecule has 1 N–H and O–H groups in total. The minimum atomic E-state index is -0.0526. The quantitative estimate of drug-likeness (QED) is 0.896. The number of amides is 2. The Bertz CT molecular complexity index is 820. The summed E-state index contributed by atoms with van der Waals surface area (Å²) in [5.41, 5.74) is 1.50. The summed E-state index contributed by atoms with van der Waals surface area (Å²) in [5, 5.41) is 3.72. The molecule has 1 aliphatic heterocycles. The van der Waals surface area contributed by atoms with E-state index in [0.717, 1.165) is 28.5 Å². The molecular weight excluding hydrogens is 334 g/mol.